The van der Waals surface area contributed by atoms with Crippen molar-refractivity contribution in [2.45, 2.75) is 25.7 Å². The second-order valence-corrected chi connectivity index (χ2v) is 8.21. The van der Waals surface area contributed by atoms with E-state index in [2.05, 4.69) is 5.32 Å². The minimum atomic E-state index is -0.363. The van der Waals surface area contributed by atoms with Crippen molar-refractivity contribution >= 4 is 40.6 Å². The van der Waals surface area contributed by atoms with Crippen LogP contribution in [0.3, 0.4) is 0 Å². The van der Waals surface area contributed by atoms with E-state index in [4.69, 9.17) is 16.3 Å². The number of rotatable bonds is 4. The fourth-order valence-corrected chi connectivity index (χ4v) is 5.00. The highest BCUT2D eigenvalue weighted by atomic mass is 35.5. The van der Waals surface area contributed by atoms with Crippen LogP contribution < -0.4 is 10.1 Å². The van der Waals surface area contributed by atoms with Gasteiger partial charge in [0, 0.05) is 0 Å². The number of amides is 2. The molecule has 0 aromatic heterocycles. The summed E-state index contributed by atoms with van der Waals surface area (Å²) in [4.78, 5) is 23.1. The molecule has 1 N–H and O–H groups in total. The number of carbonyl (C=O) groups is 2. The molecule has 3 fully saturated rings. The Balaban J connectivity index is 1.42. The molecule has 1 aliphatic heterocycles. The molecule has 4 rings (SSSR count). The number of hydrogen-bond donors (Lipinski definition) is 1. The lowest BCUT2D eigenvalue weighted by atomic mass is 9.89. The standard InChI is InChI=1S/C18H18ClNO3S/c19-14-7-11(8-16-17(21)20-18(22)24-16)2-4-15(14)23-9-13-6-10-1-3-12(13)5-10/h2,4,7-8,10,12-13H,1,3,5-6,9H2,(H,20,21,22)/b16-8-/t10-,12+,13?/m1/s1. The Bertz CT molecular complexity index is 733. The molecule has 1 aromatic carbocycles. The lowest BCUT2D eigenvalue weighted by Gasteiger charge is -2.22. The Labute approximate surface area is 150 Å². The third kappa shape index (κ3) is 3.20. The summed E-state index contributed by atoms with van der Waals surface area (Å²) in [6.45, 7) is 0.730. The molecule has 6 heteroatoms. The van der Waals surface area contributed by atoms with E-state index in [9.17, 15) is 9.59 Å². The van der Waals surface area contributed by atoms with Crippen LogP contribution in [0.2, 0.25) is 5.02 Å². The molecule has 1 heterocycles. The summed E-state index contributed by atoms with van der Waals surface area (Å²) in [6.07, 6.45) is 7.05. The van der Waals surface area contributed by atoms with Crippen molar-refractivity contribution in [3.8, 4) is 5.75 Å². The fraction of sp³-hybridized carbons (Fsp3) is 0.444. The molecule has 126 valence electrons. The number of fused-ring (bicyclic) bond motifs is 2. The first-order valence-electron chi connectivity index (χ1n) is 8.25. The lowest BCUT2D eigenvalue weighted by Crippen LogP contribution is -2.18. The van der Waals surface area contributed by atoms with Gasteiger partial charge in [0.25, 0.3) is 11.1 Å². The maximum atomic E-state index is 11.6. The molecule has 2 amide bonds. The zero-order valence-electron chi connectivity index (χ0n) is 13.1. The molecular weight excluding hydrogens is 346 g/mol. The topological polar surface area (TPSA) is 55.4 Å². The molecule has 1 saturated heterocycles. The lowest BCUT2D eigenvalue weighted by molar-refractivity contribution is -0.115. The van der Waals surface area contributed by atoms with E-state index in [1.54, 1.807) is 12.1 Å². The number of halogens is 1. The molecule has 4 nitrogen and oxygen atoms in total. The van der Waals surface area contributed by atoms with Gasteiger partial charge in [0.2, 0.25) is 0 Å². The first-order chi connectivity index (χ1) is 11.6. The summed E-state index contributed by atoms with van der Waals surface area (Å²) in [7, 11) is 0. The zero-order chi connectivity index (χ0) is 16.7. The Morgan fingerprint density at radius 3 is 2.79 bits per heavy atom. The van der Waals surface area contributed by atoms with Gasteiger partial charge in [-0.25, -0.2) is 0 Å². The van der Waals surface area contributed by atoms with Crippen LogP contribution in [-0.4, -0.2) is 17.8 Å². The van der Waals surface area contributed by atoms with E-state index in [-0.39, 0.29) is 11.1 Å². The van der Waals surface area contributed by atoms with Gasteiger partial charge in [-0.2, -0.15) is 0 Å². The highest BCUT2D eigenvalue weighted by Gasteiger charge is 2.39. The monoisotopic (exact) mass is 363 g/mol. The van der Waals surface area contributed by atoms with Crippen LogP contribution in [0.4, 0.5) is 4.79 Å². The third-order valence-electron chi connectivity index (χ3n) is 5.23. The van der Waals surface area contributed by atoms with E-state index in [0.29, 0.717) is 21.6 Å². The Kier molecular flexibility index (Phi) is 4.31. The number of benzene rings is 1. The molecule has 3 aliphatic rings. The quantitative estimate of drug-likeness (QED) is 0.801. The maximum Gasteiger partial charge on any atom is 0.290 e. The van der Waals surface area contributed by atoms with Crippen LogP contribution in [0.15, 0.2) is 23.1 Å². The number of hydrogen-bond acceptors (Lipinski definition) is 4. The van der Waals surface area contributed by atoms with Gasteiger partial charge in [-0.15, -0.1) is 0 Å². The average molecular weight is 364 g/mol. The van der Waals surface area contributed by atoms with E-state index in [1.807, 2.05) is 12.1 Å². The molecule has 0 spiro atoms. The zero-order valence-corrected chi connectivity index (χ0v) is 14.7. The van der Waals surface area contributed by atoms with Gasteiger partial charge in [0.1, 0.15) is 5.75 Å². The number of thioether (sulfide) groups is 1. The summed E-state index contributed by atoms with van der Waals surface area (Å²) in [5.41, 5.74) is 0.777. The molecule has 24 heavy (non-hydrogen) atoms. The Hall–Kier alpha value is -1.46. The van der Waals surface area contributed by atoms with E-state index in [1.165, 1.54) is 25.7 Å². The summed E-state index contributed by atoms with van der Waals surface area (Å²) in [5.74, 6) is 2.71. The third-order valence-corrected chi connectivity index (χ3v) is 6.34. The van der Waals surface area contributed by atoms with Crippen LogP contribution in [0.5, 0.6) is 5.75 Å². The molecule has 0 radical (unpaired) electrons. The summed E-state index contributed by atoms with van der Waals surface area (Å²) in [6, 6.07) is 5.45. The maximum absolute atomic E-state index is 11.6. The van der Waals surface area contributed by atoms with Crippen LogP contribution in [0.1, 0.15) is 31.2 Å². The average Bonchev–Trinajstić information content (AvgIpc) is 3.23. The van der Waals surface area contributed by atoms with Crippen LogP contribution in [-0.2, 0) is 4.79 Å². The van der Waals surface area contributed by atoms with Crippen molar-refractivity contribution in [3.05, 3.63) is 33.7 Å². The number of nitrogens with one attached hydrogen (secondary N) is 1. The van der Waals surface area contributed by atoms with Crippen LogP contribution in [0, 0.1) is 17.8 Å². The first-order valence-corrected chi connectivity index (χ1v) is 9.45. The second-order valence-electron chi connectivity index (χ2n) is 6.79. The Morgan fingerprint density at radius 1 is 1.29 bits per heavy atom. The van der Waals surface area contributed by atoms with Gasteiger partial charge in [0.15, 0.2) is 0 Å². The number of imide groups is 1. The van der Waals surface area contributed by atoms with Crippen molar-refractivity contribution in [2.24, 2.45) is 17.8 Å². The first kappa shape index (κ1) is 16.0. The van der Waals surface area contributed by atoms with Crippen LogP contribution >= 0.6 is 23.4 Å². The molecular formula is C18H18ClNO3S. The van der Waals surface area contributed by atoms with Crippen molar-refractivity contribution in [3.63, 3.8) is 0 Å². The minimum absolute atomic E-state index is 0.344. The smallest absolute Gasteiger partial charge is 0.290 e. The van der Waals surface area contributed by atoms with Gasteiger partial charge in [0.05, 0.1) is 16.5 Å². The van der Waals surface area contributed by atoms with Gasteiger partial charge in [-0.3, -0.25) is 14.9 Å². The minimum Gasteiger partial charge on any atom is -0.492 e. The van der Waals surface area contributed by atoms with Crippen molar-refractivity contribution in [2.75, 3.05) is 6.61 Å². The van der Waals surface area contributed by atoms with Gasteiger partial charge in [-0.05, 0) is 72.6 Å². The van der Waals surface area contributed by atoms with Gasteiger partial charge in [-0.1, -0.05) is 24.1 Å². The molecule has 1 unspecified atom stereocenters. The van der Waals surface area contributed by atoms with Gasteiger partial charge < -0.3 is 4.74 Å². The summed E-state index contributed by atoms with van der Waals surface area (Å²) >= 11 is 7.22. The van der Waals surface area contributed by atoms with Crippen molar-refractivity contribution < 1.29 is 14.3 Å². The fourth-order valence-electron chi connectivity index (χ4n) is 4.07. The van der Waals surface area contributed by atoms with E-state index >= 15 is 0 Å². The summed E-state index contributed by atoms with van der Waals surface area (Å²) < 4.78 is 5.95. The predicted octanol–water partition coefficient (Wildman–Crippen LogP) is 4.48. The predicted molar refractivity (Wildman–Crippen MR) is 95.0 cm³/mol. The second kappa shape index (κ2) is 6.45. The summed E-state index contributed by atoms with van der Waals surface area (Å²) in [5, 5.41) is 2.42. The van der Waals surface area contributed by atoms with Crippen molar-refractivity contribution in [1.29, 1.82) is 0 Å². The van der Waals surface area contributed by atoms with Crippen LogP contribution in [0.25, 0.3) is 6.08 Å². The molecule has 2 aliphatic carbocycles. The highest BCUT2D eigenvalue weighted by molar-refractivity contribution is 8.18. The molecule has 3 atom stereocenters. The number of ether oxygens (including phenoxy) is 1. The normalized spacial score (nSPS) is 30.2. The van der Waals surface area contributed by atoms with Gasteiger partial charge >= 0.3 is 0 Å². The number of carbonyl (C=O) groups excluding carboxylic acids is 2. The Morgan fingerprint density at radius 2 is 2.17 bits per heavy atom. The SMILES string of the molecule is O=C1NC(=O)/C(=C/c2ccc(OCC3C[C@@H]4CC[C@H]3C4)c(Cl)c2)S1. The van der Waals surface area contributed by atoms with E-state index in [0.717, 1.165) is 35.8 Å². The molecule has 1 aromatic rings. The van der Waals surface area contributed by atoms with Crippen molar-refractivity contribution in [1.82, 2.24) is 5.32 Å². The largest absolute Gasteiger partial charge is 0.492 e. The van der Waals surface area contributed by atoms with E-state index < -0.39 is 0 Å². The highest BCUT2D eigenvalue weighted by Crippen LogP contribution is 2.48. The molecule has 2 bridgehead atoms. The molecule has 2 saturated carbocycles.